The smallest absolute Gasteiger partial charge is 0.0655 e. The summed E-state index contributed by atoms with van der Waals surface area (Å²) in [4.78, 5) is 4.56. The van der Waals surface area contributed by atoms with Gasteiger partial charge in [0.1, 0.15) is 0 Å². The molecule has 2 aliphatic carbocycles. The molecule has 3 nitrogen and oxygen atoms in total. The Balaban J connectivity index is 1.65. The normalized spacial score (nSPS) is 31.8. The molecule has 0 spiro atoms. The molecule has 0 saturated heterocycles. The quantitative estimate of drug-likeness (QED) is 0.904. The lowest BCUT2D eigenvalue weighted by molar-refractivity contribution is -0.116. The van der Waals surface area contributed by atoms with Gasteiger partial charge in [-0.2, -0.15) is 0 Å². The van der Waals surface area contributed by atoms with E-state index in [4.69, 9.17) is 4.74 Å². The Morgan fingerprint density at radius 3 is 3.05 bits per heavy atom. The Morgan fingerprint density at radius 2 is 2.32 bits per heavy atom. The van der Waals surface area contributed by atoms with Crippen LogP contribution in [0, 0.1) is 5.41 Å². The lowest BCUT2D eigenvalue weighted by Gasteiger charge is -2.52. The summed E-state index contributed by atoms with van der Waals surface area (Å²) in [6.45, 7) is 7.51. The first-order chi connectivity index (χ1) is 9.13. The minimum atomic E-state index is 0.230. The van der Waals surface area contributed by atoms with Crippen LogP contribution in [0.25, 0.3) is 0 Å². The van der Waals surface area contributed by atoms with Crippen molar-refractivity contribution >= 4 is 0 Å². The van der Waals surface area contributed by atoms with Crippen LogP contribution < -0.4 is 5.32 Å². The summed E-state index contributed by atoms with van der Waals surface area (Å²) in [6, 6.07) is 5.23. The fraction of sp³-hybridized carbons (Fsp3) is 0.688. The van der Waals surface area contributed by atoms with Crippen molar-refractivity contribution in [3.05, 3.63) is 29.6 Å². The molecule has 1 aromatic rings. The van der Waals surface area contributed by atoms with E-state index in [2.05, 4.69) is 37.1 Å². The Bertz CT molecular complexity index is 458. The van der Waals surface area contributed by atoms with E-state index in [-0.39, 0.29) is 5.41 Å². The zero-order valence-corrected chi connectivity index (χ0v) is 12.1. The SMILES string of the molecule is CCOC1CC(NC2CCc3cccnc32)C1(C)C. The van der Waals surface area contributed by atoms with Gasteiger partial charge in [0.15, 0.2) is 0 Å². The first-order valence-electron chi connectivity index (χ1n) is 7.44. The zero-order valence-electron chi connectivity index (χ0n) is 12.1. The van der Waals surface area contributed by atoms with E-state index >= 15 is 0 Å². The number of aryl methyl sites for hydroxylation is 1. The molecule has 104 valence electrons. The minimum Gasteiger partial charge on any atom is -0.378 e. The van der Waals surface area contributed by atoms with Crippen molar-refractivity contribution in [2.75, 3.05) is 6.61 Å². The maximum Gasteiger partial charge on any atom is 0.0655 e. The summed E-state index contributed by atoms with van der Waals surface area (Å²) in [7, 11) is 0. The first kappa shape index (κ1) is 13.1. The number of pyridine rings is 1. The summed E-state index contributed by atoms with van der Waals surface area (Å²) >= 11 is 0. The molecule has 3 heteroatoms. The maximum absolute atomic E-state index is 5.80. The van der Waals surface area contributed by atoms with E-state index in [1.807, 2.05) is 12.3 Å². The highest BCUT2D eigenvalue weighted by Crippen LogP contribution is 2.44. The van der Waals surface area contributed by atoms with E-state index in [1.54, 1.807) is 0 Å². The van der Waals surface area contributed by atoms with Crippen LogP contribution >= 0.6 is 0 Å². The summed E-state index contributed by atoms with van der Waals surface area (Å²) < 4.78 is 5.80. The van der Waals surface area contributed by atoms with E-state index in [0.29, 0.717) is 18.2 Å². The summed E-state index contributed by atoms with van der Waals surface area (Å²) in [5.41, 5.74) is 2.91. The fourth-order valence-corrected chi connectivity index (χ4v) is 3.47. The summed E-state index contributed by atoms with van der Waals surface area (Å²) in [5, 5.41) is 3.81. The average Bonchev–Trinajstić information content (AvgIpc) is 2.81. The molecule has 0 bridgehead atoms. The first-order valence-corrected chi connectivity index (χ1v) is 7.44. The van der Waals surface area contributed by atoms with Gasteiger partial charge in [0.05, 0.1) is 17.8 Å². The molecule has 0 amide bonds. The van der Waals surface area contributed by atoms with Crippen molar-refractivity contribution in [1.29, 1.82) is 0 Å². The average molecular weight is 260 g/mol. The van der Waals surface area contributed by atoms with Crippen molar-refractivity contribution < 1.29 is 4.74 Å². The number of nitrogens with one attached hydrogen (secondary N) is 1. The van der Waals surface area contributed by atoms with Crippen molar-refractivity contribution in [2.45, 2.75) is 58.2 Å². The Morgan fingerprint density at radius 1 is 1.47 bits per heavy atom. The van der Waals surface area contributed by atoms with Gasteiger partial charge in [-0.15, -0.1) is 0 Å². The van der Waals surface area contributed by atoms with Gasteiger partial charge < -0.3 is 10.1 Å². The molecular weight excluding hydrogens is 236 g/mol. The third-order valence-corrected chi connectivity index (χ3v) is 4.91. The number of rotatable bonds is 4. The molecule has 1 aromatic heterocycles. The predicted molar refractivity (Wildman–Crippen MR) is 76.0 cm³/mol. The van der Waals surface area contributed by atoms with Crippen LogP contribution in [0.1, 0.15) is 50.9 Å². The fourth-order valence-electron chi connectivity index (χ4n) is 3.47. The molecule has 3 rings (SSSR count). The van der Waals surface area contributed by atoms with E-state index < -0.39 is 0 Å². The Hall–Kier alpha value is -0.930. The second kappa shape index (κ2) is 4.88. The highest BCUT2D eigenvalue weighted by atomic mass is 16.5. The van der Waals surface area contributed by atoms with Gasteiger partial charge >= 0.3 is 0 Å². The second-order valence-electron chi connectivity index (χ2n) is 6.36. The van der Waals surface area contributed by atoms with E-state index in [1.165, 1.54) is 17.7 Å². The monoisotopic (exact) mass is 260 g/mol. The van der Waals surface area contributed by atoms with Crippen LogP contribution in [-0.2, 0) is 11.2 Å². The van der Waals surface area contributed by atoms with Gasteiger partial charge in [-0.1, -0.05) is 19.9 Å². The van der Waals surface area contributed by atoms with Crippen LogP contribution in [0.15, 0.2) is 18.3 Å². The van der Waals surface area contributed by atoms with Gasteiger partial charge in [0, 0.05) is 24.3 Å². The van der Waals surface area contributed by atoms with Crippen LogP contribution in [0.4, 0.5) is 0 Å². The number of ether oxygens (including phenoxy) is 1. The Kier molecular flexibility index (Phi) is 3.35. The molecule has 0 radical (unpaired) electrons. The largest absolute Gasteiger partial charge is 0.378 e. The highest BCUT2D eigenvalue weighted by Gasteiger charge is 2.49. The molecule has 0 aromatic carbocycles. The predicted octanol–water partition coefficient (Wildman–Crippen LogP) is 2.86. The van der Waals surface area contributed by atoms with Crippen LogP contribution in [0.3, 0.4) is 0 Å². The second-order valence-corrected chi connectivity index (χ2v) is 6.36. The minimum absolute atomic E-state index is 0.230. The number of aromatic nitrogens is 1. The highest BCUT2D eigenvalue weighted by molar-refractivity contribution is 5.28. The lowest BCUT2D eigenvalue weighted by Crippen LogP contribution is -2.61. The Labute approximate surface area is 115 Å². The molecule has 0 aliphatic heterocycles. The zero-order chi connectivity index (χ0) is 13.5. The third-order valence-electron chi connectivity index (χ3n) is 4.91. The topological polar surface area (TPSA) is 34.1 Å². The standard InChI is InChI=1S/C16H24N2O/c1-4-19-14-10-13(16(14,2)3)18-12-8-7-11-6-5-9-17-15(11)12/h5-6,9,12-14,18H,4,7-8,10H2,1-3H3. The van der Waals surface area contributed by atoms with Crippen molar-refractivity contribution in [2.24, 2.45) is 5.41 Å². The molecule has 19 heavy (non-hydrogen) atoms. The van der Waals surface area contributed by atoms with Gasteiger partial charge in [-0.25, -0.2) is 0 Å². The molecule has 1 saturated carbocycles. The molecule has 3 atom stereocenters. The molecule has 3 unspecified atom stereocenters. The van der Waals surface area contributed by atoms with Gasteiger partial charge in [0.2, 0.25) is 0 Å². The van der Waals surface area contributed by atoms with Crippen LogP contribution in [0.2, 0.25) is 0 Å². The number of hydrogen-bond donors (Lipinski definition) is 1. The van der Waals surface area contributed by atoms with E-state index in [9.17, 15) is 0 Å². The molecule has 1 N–H and O–H groups in total. The molecule has 2 aliphatic rings. The summed E-state index contributed by atoms with van der Waals surface area (Å²) in [6.07, 6.45) is 5.77. The molecule has 1 fully saturated rings. The van der Waals surface area contributed by atoms with Gasteiger partial charge in [-0.3, -0.25) is 4.98 Å². The van der Waals surface area contributed by atoms with Crippen molar-refractivity contribution in [3.63, 3.8) is 0 Å². The lowest BCUT2D eigenvalue weighted by atomic mass is 9.64. The van der Waals surface area contributed by atoms with Gasteiger partial charge in [-0.05, 0) is 37.8 Å². The number of fused-ring (bicyclic) bond motifs is 1. The van der Waals surface area contributed by atoms with E-state index in [0.717, 1.165) is 19.4 Å². The molecular formula is C16H24N2O. The van der Waals surface area contributed by atoms with Crippen molar-refractivity contribution in [3.8, 4) is 0 Å². The maximum atomic E-state index is 5.80. The number of hydrogen-bond acceptors (Lipinski definition) is 3. The van der Waals surface area contributed by atoms with Gasteiger partial charge in [0.25, 0.3) is 0 Å². The third kappa shape index (κ3) is 2.19. The molecule has 1 heterocycles. The number of nitrogens with zero attached hydrogens (tertiary/aromatic N) is 1. The van der Waals surface area contributed by atoms with Crippen molar-refractivity contribution in [1.82, 2.24) is 10.3 Å². The van der Waals surface area contributed by atoms with Crippen LogP contribution in [-0.4, -0.2) is 23.7 Å². The summed E-state index contributed by atoms with van der Waals surface area (Å²) in [5.74, 6) is 0. The van der Waals surface area contributed by atoms with Crippen LogP contribution in [0.5, 0.6) is 0 Å².